The van der Waals surface area contributed by atoms with Gasteiger partial charge in [0.25, 0.3) is 0 Å². The van der Waals surface area contributed by atoms with Gasteiger partial charge in [-0.1, -0.05) is 31.5 Å². The molecule has 0 amide bonds. The number of hydrogen-bond acceptors (Lipinski definition) is 2. The van der Waals surface area contributed by atoms with Gasteiger partial charge in [0.1, 0.15) is 0 Å². The first kappa shape index (κ1) is 12.3. The summed E-state index contributed by atoms with van der Waals surface area (Å²) < 4.78 is 0. The molecule has 0 aromatic rings. The molecule has 0 rings (SSSR count). The summed E-state index contributed by atoms with van der Waals surface area (Å²) in [5, 5.41) is 0.298. The van der Waals surface area contributed by atoms with Crippen LogP contribution in [0.15, 0.2) is 0 Å². The van der Waals surface area contributed by atoms with Gasteiger partial charge >= 0.3 is 0 Å². The summed E-state index contributed by atoms with van der Waals surface area (Å²) >= 11 is 6.93. The Morgan fingerprint density at radius 3 is 2.67 bits per heavy atom. The molecule has 0 saturated heterocycles. The lowest BCUT2D eigenvalue weighted by Crippen LogP contribution is -1.93. The third-order valence-corrected chi connectivity index (χ3v) is 2.81. The van der Waals surface area contributed by atoms with Crippen molar-refractivity contribution in [2.24, 2.45) is 0 Å². The Balaban J connectivity index is 3.08. The van der Waals surface area contributed by atoms with Crippen molar-refractivity contribution in [2.75, 3.05) is 11.6 Å². The second-order valence-electron chi connectivity index (χ2n) is 2.72. The molecule has 0 aromatic heterocycles. The molecule has 0 bridgehead atoms. The van der Waals surface area contributed by atoms with Crippen molar-refractivity contribution in [1.82, 2.24) is 0 Å². The topological polar surface area (TPSA) is 17.1 Å². The van der Waals surface area contributed by atoms with E-state index in [1.54, 1.807) is 0 Å². The average Bonchev–Trinajstić information content (AvgIpc) is 2.09. The van der Waals surface area contributed by atoms with E-state index in [2.05, 4.69) is 6.92 Å². The minimum atomic E-state index is 0.298. The summed E-state index contributed by atoms with van der Waals surface area (Å²) in [7, 11) is 0. The first-order valence-corrected chi connectivity index (χ1v) is 6.04. The fourth-order valence-electron chi connectivity index (χ4n) is 0.821. The van der Waals surface area contributed by atoms with Gasteiger partial charge in [-0.05, 0) is 12.8 Å². The van der Waals surface area contributed by atoms with E-state index in [-0.39, 0.29) is 0 Å². The SMILES string of the molecule is CCCCCSC(=O)CCCCl. The Labute approximate surface area is 84.2 Å². The molecule has 0 heterocycles. The maximum atomic E-state index is 11.1. The summed E-state index contributed by atoms with van der Waals surface area (Å²) in [4.78, 5) is 11.1. The summed E-state index contributed by atoms with van der Waals surface area (Å²) in [5.74, 6) is 1.58. The Morgan fingerprint density at radius 2 is 2.08 bits per heavy atom. The van der Waals surface area contributed by atoms with Crippen molar-refractivity contribution < 1.29 is 4.79 Å². The molecule has 0 saturated carbocycles. The van der Waals surface area contributed by atoms with E-state index < -0.39 is 0 Å². The zero-order chi connectivity index (χ0) is 9.23. The zero-order valence-electron chi connectivity index (χ0n) is 7.64. The van der Waals surface area contributed by atoms with E-state index in [0.717, 1.165) is 18.6 Å². The number of hydrogen-bond donors (Lipinski definition) is 0. The van der Waals surface area contributed by atoms with Crippen molar-refractivity contribution in [3.05, 3.63) is 0 Å². The second-order valence-corrected chi connectivity index (χ2v) is 4.25. The molecule has 0 atom stereocenters. The van der Waals surface area contributed by atoms with Gasteiger partial charge in [-0.3, -0.25) is 4.79 Å². The molecule has 3 heteroatoms. The second kappa shape index (κ2) is 9.40. The van der Waals surface area contributed by atoms with Crippen LogP contribution in [0.2, 0.25) is 0 Å². The maximum absolute atomic E-state index is 11.1. The smallest absolute Gasteiger partial charge is 0.188 e. The lowest BCUT2D eigenvalue weighted by molar-refractivity contribution is -0.111. The van der Waals surface area contributed by atoms with Crippen molar-refractivity contribution in [3.8, 4) is 0 Å². The highest BCUT2D eigenvalue weighted by atomic mass is 35.5. The molecular weight excluding hydrogens is 192 g/mol. The molecular formula is C9H17ClOS. The van der Waals surface area contributed by atoms with Crippen LogP contribution in [-0.2, 0) is 4.79 Å². The Kier molecular flexibility index (Phi) is 9.64. The Morgan fingerprint density at radius 1 is 1.33 bits per heavy atom. The molecule has 0 radical (unpaired) electrons. The highest BCUT2D eigenvalue weighted by Gasteiger charge is 2.00. The van der Waals surface area contributed by atoms with E-state index >= 15 is 0 Å². The number of unbranched alkanes of at least 4 members (excludes halogenated alkanes) is 2. The Bertz CT molecular complexity index is 117. The molecule has 0 aromatic carbocycles. The molecule has 0 aliphatic rings. The van der Waals surface area contributed by atoms with Gasteiger partial charge in [0.15, 0.2) is 5.12 Å². The van der Waals surface area contributed by atoms with Crippen LogP contribution >= 0.6 is 23.4 Å². The lowest BCUT2D eigenvalue weighted by Gasteiger charge is -1.98. The van der Waals surface area contributed by atoms with Crippen LogP contribution in [0, 0.1) is 0 Å². The fourth-order valence-corrected chi connectivity index (χ4v) is 1.82. The van der Waals surface area contributed by atoms with Crippen LogP contribution in [-0.4, -0.2) is 16.7 Å². The highest BCUT2D eigenvalue weighted by molar-refractivity contribution is 8.13. The molecule has 0 unspecified atom stereocenters. The van der Waals surface area contributed by atoms with Gasteiger partial charge in [-0.25, -0.2) is 0 Å². The summed E-state index contributed by atoms with van der Waals surface area (Å²) in [6.07, 6.45) is 5.07. The molecule has 0 spiro atoms. The van der Waals surface area contributed by atoms with Crippen LogP contribution in [0.25, 0.3) is 0 Å². The van der Waals surface area contributed by atoms with E-state index in [1.807, 2.05) is 0 Å². The van der Waals surface area contributed by atoms with Crippen molar-refractivity contribution in [2.45, 2.75) is 39.0 Å². The van der Waals surface area contributed by atoms with Crippen molar-refractivity contribution >= 4 is 28.5 Å². The standard InChI is InChI=1S/C9H17ClOS/c1-2-3-4-8-12-9(11)6-5-7-10/h2-8H2,1H3. The van der Waals surface area contributed by atoms with Gasteiger partial charge in [0.2, 0.25) is 0 Å². The molecule has 1 nitrogen and oxygen atoms in total. The number of carbonyl (C=O) groups excluding carboxylic acids is 1. The summed E-state index contributed by atoms with van der Waals surface area (Å²) in [6, 6.07) is 0. The van der Waals surface area contributed by atoms with Gasteiger partial charge < -0.3 is 0 Å². The van der Waals surface area contributed by atoms with Crippen LogP contribution in [0.5, 0.6) is 0 Å². The minimum Gasteiger partial charge on any atom is -0.287 e. The number of carbonyl (C=O) groups is 1. The van der Waals surface area contributed by atoms with Gasteiger partial charge in [0.05, 0.1) is 0 Å². The third-order valence-electron chi connectivity index (χ3n) is 1.53. The number of halogens is 1. The first-order valence-electron chi connectivity index (χ1n) is 4.52. The van der Waals surface area contributed by atoms with Crippen molar-refractivity contribution in [1.29, 1.82) is 0 Å². The number of rotatable bonds is 7. The van der Waals surface area contributed by atoms with Crippen LogP contribution in [0.3, 0.4) is 0 Å². The third kappa shape index (κ3) is 8.41. The fraction of sp³-hybridized carbons (Fsp3) is 0.889. The van der Waals surface area contributed by atoms with Gasteiger partial charge in [-0.2, -0.15) is 0 Å². The summed E-state index contributed by atoms with van der Waals surface area (Å²) in [5.41, 5.74) is 0. The first-order chi connectivity index (χ1) is 5.81. The predicted octanol–water partition coefficient (Wildman–Crippen LogP) is 3.46. The minimum absolute atomic E-state index is 0.298. The van der Waals surface area contributed by atoms with Gasteiger partial charge in [0, 0.05) is 18.1 Å². The largest absolute Gasteiger partial charge is 0.287 e. The van der Waals surface area contributed by atoms with E-state index in [4.69, 9.17) is 11.6 Å². The normalized spacial score (nSPS) is 10.2. The molecule has 0 aliphatic heterocycles. The molecule has 12 heavy (non-hydrogen) atoms. The summed E-state index contributed by atoms with van der Waals surface area (Å²) in [6.45, 7) is 2.17. The van der Waals surface area contributed by atoms with E-state index in [0.29, 0.717) is 17.4 Å². The zero-order valence-corrected chi connectivity index (χ0v) is 9.22. The highest BCUT2D eigenvalue weighted by Crippen LogP contribution is 2.11. The molecule has 0 N–H and O–H groups in total. The number of thioether (sulfide) groups is 1. The van der Waals surface area contributed by atoms with Crippen LogP contribution in [0.4, 0.5) is 0 Å². The predicted molar refractivity (Wildman–Crippen MR) is 56.9 cm³/mol. The average molecular weight is 209 g/mol. The van der Waals surface area contributed by atoms with Crippen molar-refractivity contribution in [3.63, 3.8) is 0 Å². The quantitative estimate of drug-likeness (QED) is 0.471. The molecule has 0 aliphatic carbocycles. The molecule has 72 valence electrons. The maximum Gasteiger partial charge on any atom is 0.188 e. The number of alkyl halides is 1. The van der Waals surface area contributed by atoms with Crippen LogP contribution in [0.1, 0.15) is 39.0 Å². The van der Waals surface area contributed by atoms with E-state index in [9.17, 15) is 4.79 Å². The monoisotopic (exact) mass is 208 g/mol. The Hall–Kier alpha value is 0.310. The molecule has 0 fully saturated rings. The van der Waals surface area contributed by atoms with Crippen LogP contribution < -0.4 is 0 Å². The van der Waals surface area contributed by atoms with E-state index in [1.165, 1.54) is 24.6 Å². The van der Waals surface area contributed by atoms with Gasteiger partial charge in [-0.15, -0.1) is 11.6 Å². The lowest BCUT2D eigenvalue weighted by atomic mass is 10.3.